The van der Waals surface area contributed by atoms with Crippen molar-refractivity contribution in [3.8, 4) is 0 Å². The van der Waals surface area contributed by atoms with Crippen LogP contribution >= 0.6 is 11.6 Å². The zero-order valence-electron chi connectivity index (χ0n) is 11.5. The summed E-state index contributed by atoms with van der Waals surface area (Å²) in [5.41, 5.74) is 4.98. The van der Waals surface area contributed by atoms with Crippen LogP contribution in [0.1, 0.15) is 6.92 Å². The molecule has 18 heavy (non-hydrogen) atoms. The van der Waals surface area contributed by atoms with Crippen LogP contribution in [0.3, 0.4) is 0 Å². The van der Waals surface area contributed by atoms with E-state index in [1.165, 1.54) is 6.38 Å². The summed E-state index contributed by atoms with van der Waals surface area (Å²) in [5, 5.41) is 0. The van der Waals surface area contributed by atoms with E-state index in [-0.39, 0.29) is 5.97 Å². The first-order chi connectivity index (χ1) is 8.31. The van der Waals surface area contributed by atoms with Gasteiger partial charge in [0.2, 0.25) is 5.91 Å². The second-order valence-electron chi connectivity index (χ2n) is 3.33. The number of esters is 1. The Hall–Kier alpha value is -1.33. The van der Waals surface area contributed by atoms with Crippen LogP contribution in [0.25, 0.3) is 0 Å². The van der Waals surface area contributed by atoms with Gasteiger partial charge in [0, 0.05) is 18.5 Å². The average Bonchev–Trinajstić information content (AvgIpc) is 2.31. The van der Waals surface area contributed by atoms with E-state index < -0.39 is 5.91 Å². The minimum absolute atomic E-state index is 0.313. The van der Waals surface area contributed by atoms with Crippen molar-refractivity contribution >= 4 is 23.5 Å². The number of hydrogen-bond acceptors (Lipinski definition) is 4. The fraction of sp³-hybridized carbons (Fsp3) is 0.500. The van der Waals surface area contributed by atoms with Crippen molar-refractivity contribution in [2.75, 3.05) is 33.6 Å². The van der Waals surface area contributed by atoms with Crippen LogP contribution in [0.15, 0.2) is 24.8 Å². The molecule has 0 aromatic rings. The molecular formula is C12H23ClN2O3. The number of halogens is 1. The number of amides is 1. The minimum Gasteiger partial charge on any atom is -0.461 e. The molecule has 0 atom stereocenters. The summed E-state index contributed by atoms with van der Waals surface area (Å²) < 4.78 is 4.83. The van der Waals surface area contributed by atoms with Crippen molar-refractivity contribution in [1.82, 2.24) is 4.90 Å². The normalized spacial score (nSPS) is 8.11. The van der Waals surface area contributed by atoms with Gasteiger partial charge in [0.05, 0.1) is 0 Å². The molecule has 0 spiro atoms. The van der Waals surface area contributed by atoms with E-state index in [1.54, 1.807) is 6.92 Å². The third-order valence-electron chi connectivity index (χ3n) is 1.32. The van der Waals surface area contributed by atoms with Crippen LogP contribution in [0, 0.1) is 0 Å². The Balaban J connectivity index is -0.000000270. The number of nitrogens with zero attached hydrogens (tertiary/aromatic N) is 1. The van der Waals surface area contributed by atoms with Gasteiger partial charge in [0.15, 0.2) is 0 Å². The first-order valence-corrected chi connectivity index (χ1v) is 5.83. The topological polar surface area (TPSA) is 72.6 Å². The quantitative estimate of drug-likeness (QED) is 0.466. The van der Waals surface area contributed by atoms with E-state index >= 15 is 0 Å². The summed E-state index contributed by atoms with van der Waals surface area (Å²) in [7, 11) is 3.85. The lowest BCUT2D eigenvalue weighted by molar-refractivity contribution is -0.139. The fourth-order valence-corrected chi connectivity index (χ4v) is 0.444. The smallest absolute Gasteiger partial charge is 0.333 e. The van der Waals surface area contributed by atoms with Crippen LogP contribution in [0.2, 0.25) is 0 Å². The molecule has 1 amide bonds. The Labute approximate surface area is 114 Å². The summed E-state index contributed by atoms with van der Waals surface area (Å²) in [5.74, 6) is -0.795. The number of primary amides is 1. The van der Waals surface area contributed by atoms with Gasteiger partial charge in [-0.2, -0.15) is 0 Å². The lowest BCUT2D eigenvalue weighted by atomic mass is 10.4. The van der Waals surface area contributed by atoms with Crippen molar-refractivity contribution < 1.29 is 14.3 Å². The van der Waals surface area contributed by atoms with Crippen molar-refractivity contribution in [2.45, 2.75) is 6.92 Å². The molecule has 5 nitrogen and oxygen atoms in total. The summed E-state index contributed by atoms with van der Waals surface area (Å²) in [4.78, 5) is 22.2. The Morgan fingerprint density at radius 3 is 2.00 bits per heavy atom. The molecule has 0 heterocycles. The molecule has 0 aromatic heterocycles. The first kappa shape index (κ1) is 21.9. The number of likely N-dealkylation sites (N-methyl/N-ethyl adjacent to an activating group) is 1. The Morgan fingerprint density at radius 2 is 1.78 bits per heavy atom. The number of carbonyl (C=O) groups excluding carboxylic acids is 2. The zero-order chi connectivity index (χ0) is 15.1. The number of rotatable bonds is 5. The maximum absolute atomic E-state index is 10.8. The van der Waals surface area contributed by atoms with Gasteiger partial charge in [-0.1, -0.05) is 13.2 Å². The minimum atomic E-state index is -0.481. The van der Waals surface area contributed by atoms with Gasteiger partial charge in [0.1, 0.15) is 6.61 Å². The van der Waals surface area contributed by atoms with Crippen LogP contribution < -0.4 is 5.73 Å². The molecule has 0 aliphatic heterocycles. The molecule has 2 N–H and O–H groups in total. The monoisotopic (exact) mass is 278 g/mol. The van der Waals surface area contributed by atoms with Crippen LogP contribution in [0.5, 0.6) is 0 Å². The Morgan fingerprint density at radius 1 is 1.39 bits per heavy atom. The number of hydrogen-bond donors (Lipinski definition) is 1. The molecule has 0 saturated heterocycles. The van der Waals surface area contributed by atoms with Crippen LogP contribution in [-0.2, 0) is 14.3 Å². The third kappa shape index (κ3) is 24.1. The number of nitrogens with two attached hydrogens (primary N) is 1. The Kier molecular flexibility index (Phi) is 19.1. The lowest BCUT2D eigenvalue weighted by Crippen LogP contribution is -2.20. The average molecular weight is 279 g/mol. The van der Waals surface area contributed by atoms with Crippen LogP contribution in [0.4, 0.5) is 0 Å². The lowest BCUT2D eigenvalue weighted by Gasteiger charge is -2.09. The summed E-state index contributed by atoms with van der Waals surface area (Å²) >= 11 is 4.64. The van der Waals surface area contributed by atoms with Gasteiger partial charge >= 0.3 is 5.97 Å². The van der Waals surface area contributed by atoms with Gasteiger partial charge in [0.25, 0.3) is 0 Å². The van der Waals surface area contributed by atoms with Crippen molar-refractivity contribution in [1.29, 1.82) is 0 Å². The van der Waals surface area contributed by atoms with Crippen molar-refractivity contribution in [2.24, 2.45) is 5.73 Å². The van der Waals surface area contributed by atoms with E-state index in [1.807, 2.05) is 19.0 Å². The second-order valence-corrected chi connectivity index (χ2v) is 3.33. The number of ether oxygens (including phenoxy) is 1. The summed E-state index contributed by atoms with van der Waals surface area (Å²) in [6.45, 7) is 9.37. The maximum Gasteiger partial charge on any atom is 0.333 e. The highest BCUT2D eigenvalue weighted by molar-refractivity contribution is 6.15. The highest BCUT2D eigenvalue weighted by atomic mass is 35.5. The molecule has 6 heteroatoms. The highest BCUT2D eigenvalue weighted by Crippen LogP contribution is 1.91. The third-order valence-corrected chi connectivity index (χ3v) is 1.32. The molecule has 106 valence electrons. The molecule has 0 aliphatic carbocycles. The molecule has 0 saturated carbocycles. The van der Waals surface area contributed by atoms with Crippen molar-refractivity contribution in [3.63, 3.8) is 0 Å². The van der Waals surface area contributed by atoms with E-state index in [0.29, 0.717) is 12.2 Å². The number of carbonyl (C=O) groups is 2. The fourth-order valence-electron chi connectivity index (χ4n) is 0.444. The van der Waals surface area contributed by atoms with Gasteiger partial charge in [-0.15, -0.1) is 11.6 Å². The first-order valence-electron chi connectivity index (χ1n) is 5.08. The van der Waals surface area contributed by atoms with Crippen molar-refractivity contribution in [3.05, 3.63) is 24.8 Å². The SMILES string of the molecule is C=C(C)C(=O)OCCN(C)C.C=CC(N)=O.CCl. The van der Waals surface area contributed by atoms with E-state index in [0.717, 1.165) is 12.6 Å². The zero-order valence-corrected chi connectivity index (χ0v) is 12.3. The largest absolute Gasteiger partial charge is 0.461 e. The molecule has 0 aromatic carbocycles. The standard InChI is InChI=1S/C8H15NO2.C3H5NO.CH3Cl/c1-7(2)8(10)11-6-5-9(3)4;1-2-3(4)5;1-2/h1,5-6H2,2-4H3;2H,1H2,(H2,4,5);1H3. The van der Waals surface area contributed by atoms with Gasteiger partial charge in [-0.25, -0.2) is 4.79 Å². The maximum atomic E-state index is 10.8. The predicted octanol–water partition coefficient (Wildman–Crippen LogP) is 1.18. The van der Waals surface area contributed by atoms with E-state index in [2.05, 4.69) is 30.5 Å². The van der Waals surface area contributed by atoms with E-state index in [4.69, 9.17) is 4.74 Å². The Bertz CT molecular complexity index is 266. The summed E-state index contributed by atoms with van der Waals surface area (Å²) in [6.07, 6.45) is 2.53. The van der Waals surface area contributed by atoms with Gasteiger partial charge in [-0.3, -0.25) is 4.79 Å². The molecule has 0 bridgehead atoms. The summed E-state index contributed by atoms with van der Waals surface area (Å²) in [6, 6.07) is 0. The molecular weight excluding hydrogens is 256 g/mol. The second kappa shape index (κ2) is 15.7. The highest BCUT2D eigenvalue weighted by Gasteiger charge is 2.01. The van der Waals surface area contributed by atoms with E-state index in [9.17, 15) is 9.59 Å². The molecule has 0 radical (unpaired) electrons. The number of alkyl halides is 1. The van der Waals surface area contributed by atoms with Gasteiger partial charge < -0.3 is 15.4 Å². The molecule has 0 aliphatic rings. The molecule has 0 fully saturated rings. The molecule has 0 unspecified atom stereocenters. The van der Waals surface area contributed by atoms with Crippen LogP contribution in [-0.4, -0.2) is 50.4 Å². The van der Waals surface area contributed by atoms with Gasteiger partial charge in [-0.05, 0) is 27.1 Å². The molecule has 0 rings (SSSR count). The predicted molar refractivity (Wildman–Crippen MR) is 75.5 cm³/mol.